The highest BCUT2D eigenvalue weighted by Crippen LogP contribution is 2.30. The predicted molar refractivity (Wildman–Crippen MR) is 122 cm³/mol. The van der Waals surface area contributed by atoms with E-state index < -0.39 is 0 Å². The molecule has 1 atom stereocenters. The first-order valence-electron chi connectivity index (χ1n) is 11.0. The van der Waals surface area contributed by atoms with E-state index >= 15 is 0 Å². The number of benzene rings is 1. The summed E-state index contributed by atoms with van der Waals surface area (Å²) in [5.74, 6) is 1.38. The third-order valence-corrected chi connectivity index (χ3v) is 5.85. The SMILES string of the molecule is COc1cccc(CNC(=O)c2cnc(C3CCCCN3Cc3cccnc3)nc2C)c1. The molecule has 0 bridgehead atoms. The highest BCUT2D eigenvalue weighted by atomic mass is 16.5. The van der Waals surface area contributed by atoms with Crippen molar-refractivity contribution in [2.75, 3.05) is 13.7 Å². The van der Waals surface area contributed by atoms with E-state index in [0.29, 0.717) is 17.8 Å². The van der Waals surface area contributed by atoms with Crippen molar-refractivity contribution in [3.05, 3.63) is 83.2 Å². The summed E-state index contributed by atoms with van der Waals surface area (Å²) >= 11 is 0. The molecular formula is C25H29N5O2. The summed E-state index contributed by atoms with van der Waals surface area (Å²) in [5.41, 5.74) is 3.36. The molecule has 32 heavy (non-hydrogen) atoms. The molecule has 0 saturated carbocycles. The summed E-state index contributed by atoms with van der Waals surface area (Å²) in [4.78, 5) is 28.7. The molecule has 1 saturated heterocycles. The Bertz CT molecular complexity index is 1060. The zero-order valence-corrected chi connectivity index (χ0v) is 18.6. The van der Waals surface area contributed by atoms with Crippen LogP contribution >= 0.6 is 0 Å². The molecule has 3 heterocycles. The van der Waals surface area contributed by atoms with Crippen LogP contribution in [-0.4, -0.2) is 39.4 Å². The molecule has 7 heteroatoms. The molecule has 1 amide bonds. The molecule has 1 fully saturated rings. The molecule has 0 radical (unpaired) electrons. The summed E-state index contributed by atoms with van der Waals surface area (Å²) in [5, 5.41) is 2.96. The lowest BCUT2D eigenvalue weighted by atomic mass is 10.0. The van der Waals surface area contributed by atoms with Crippen molar-refractivity contribution in [3.8, 4) is 5.75 Å². The number of aromatic nitrogens is 3. The van der Waals surface area contributed by atoms with E-state index in [1.165, 1.54) is 12.0 Å². The Morgan fingerprint density at radius 1 is 1.19 bits per heavy atom. The first kappa shape index (κ1) is 21.9. The molecule has 4 rings (SSSR count). The first-order valence-corrected chi connectivity index (χ1v) is 11.0. The van der Waals surface area contributed by atoms with Crippen LogP contribution in [0.1, 0.15) is 58.3 Å². The van der Waals surface area contributed by atoms with Crippen molar-refractivity contribution in [2.45, 2.75) is 45.3 Å². The fraction of sp³-hybridized carbons (Fsp3) is 0.360. The van der Waals surface area contributed by atoms with Crippen molar-refractivity contribution in [2.24, 2.45) is 0 Å². The van der Waals surface area contributed by atoms with Crippen molar-refractivity contribution in [1.82, 2.24) is 25.2 Å². The standard InChI is InChI=1S/C25H29N5O2/c1-18-22(25(31)28-15-19-7-5-9-21(13-19)32-2)16-27-24(29-18)23-10-3-4-12-30(23)17-20-8-6-11-26-14-20/h5-9,11,13-14,16,23H,3-4,10,12,15,17H2,1-2H3,(H,28,31). The van der Waals surface area contributed by atoms with Crippen molar-refractivity contribution in [3.63, 3.8) is 0 Å². The van der Waals surface area contributed by atoms with Crippen LogP contribution in [0.3, 0.4) is 0 Å². The van der Waals surface area contributed by atoms with Crippen LogP contribution in [0.25, 0.3) is 0 Å². The number of carbonyl (C=O) groups excluding carboxylic acids is 1. The smallest absolute Gasteiger partial charge is 0.254 e. The first-order chi connectivity index (χ1) is 15.6. The number of hydrogen-bond acceptors (Lipinski definition) is 6. The summed E-state index contributed by atoms with van der Waals surface area (Å²) in [6.45, 7) is 4.12. The molecule has 166 valence electrons. The lowest BCUT2D eigenvalue weighted by molar-refractivity contribution is 0.0948. The lowest BCUT2D eigenvalue weighted by Gasteiger charge is -2.34. The monoisotopic (exact) mass is 431 g/mol. The Kier molecular flexibility index (Phi) is 7.07. The molecule has 3 aromatic rings. The Labute approximate surface area is 188 Å². The van der Waals surface area contributed by atoms with Crippen LogP contribution in [0.4, 0.5) is 0 Å². The quantitative estimate of drug-likeness (QED) is 0.612. The minimum atomic E-state index is -0.173. The molecule has 2 aromatic heterocycles. The zero-order valence-electron chi connectivity index (χ0n) is 18.6. The Hall–Kier alpha value is -3.32. The molecule has 7 nitrogen and oxygen atoms in total. The second-order valence-corrected chi connectivity index (χ2v) is 8.10. The maximum Gasteiger partial charge on any atom is 0.254 e. The van der Waals surface area contributed by atoms with Gasteiger partial charge >= 0.3 is 0 Å². The number of pyridine rings is 1. The fourth-order valence-corrected chi connectivity index (χ4v) is 4.13. The number of methoxy groups -OCH3 is 1. The van der Waals surface area contributed by atoms with Gasteiger partial charge in [0.1, 0.15) is 11.6 Å². The highest BCUT2D eigenvalue weighted by molar-refractivity contribution is 5.94. The number of nitrogens with zero attached hydrogens (tertiary/aromatic N) is 4. The summed E-state index contributed by atoms with van der Waals surface area (Å²) < 4.78 is 5.24. The van der Waals surface area contributed by atoms with E-state index in [0.717, 1.165) is 43.1 Å². The summed E-state index contributed by atoms with van der Waals surface area (Å²) in [7, 11) is 1.63. The van der Waals surface area contributed by atoms with Crippen LogP contribution in [0.2, 0.25) is 0 Å². The van der Waals surface area contributed by atoms with Gasteiger partial charge in [0, 0.05) is 31.7 Å². The molecule has 1 N–H and O–H groups in total. The lowest BCUT2D eigenvalue weighted by Crippen LogP contribution is -2.34. The predicted octanol–water partition coefficient (Wildman–Crippen LogP) is 3.85. The number of nitrogens with one attached hydrogen (secondary N) is 1. The molecule has 1 unspecified atom stereocenters. The van der Waals surface area contributed by atoms with Crippen LogP contribution in [-0.2, 0) is 13.1 Å². The van der Waals surface area contributed by atoms with Gasteiger partial charge in [-0.25, -0.2) is 9.97 Å². The van der Waals surface area contributed by atoms with Crippen molar-refractivity contribution in [1.29, 1.82) is 0 Å². The maximum absolute atomic E-state index is 12.7. The van der Waals surface area contributed by atoms with Gasteiger partial charge in [0.15, 0.2) is 0 Å². The van der Waals surface area contributed by atoms with Gasteiger partial charge in [0.05, 0.1) is 24.4 Å². The number of amides is 1. The third-order valence-electron chi connectivity index (χ3n) is 5.85. The van der Waals surface area contributed by atoms with Crippen LogP contribution in [0.5, 0.6) is 5.75 Å². The molecule has 1 aliphatic heterocycles. The van der Waals surface area contributed by atoms with Crippen LogP contribution in [0, 0.1) is 6.92 Å². The summed E-state index contributed by atoms with van der Waals surface area (Å²) in [6.07, 6.45) is 8.70. The highest BCUT2D eigenvalue weighted by Gasteiger charge is 2.27. The van der Waals surface area contributed by atoms with Gasteiger partial charge in [-0.15, -0.1) is 0 Å². The number of hydrogen-bond donors (Lipinski definition) is 1. The van der Waals surface area contributed by atoms with E-state index in [1.807, 2.05) is 43.5 Å². The zero-order chi connectivity index (χ0) is 22.3. The topological polar surface area (TPSA) is 80.2 Å². The molecule has 1 aliphatic rings. The van der Waals surface area contributed by atoms with Gasteiger partial charge in [0.25, 0.3) is 5.91 Å². The van der Waals surface area contributed by atoms with Gasteiger partial charge in [-0.2, -0.15) is 0 Å². The third kappa shape index (κ3) is 5.29. The number of piperidine rings is 1. The largest absolute Gasteiger partial charge is 0.497 e. The van der Waals surface area contributed by atoms with Crippen molar-refractivity contribution < 1.29 is 9.53 Å². The van der Waals surface area contributed by atoms with Gasteiger partial charge in [-0.1, -0.05) is 24.6 Å². The normalized spacial score (nSPS) is 16.5. The molecule has 1 aromatic carbocycles. The average molecular weight is 432 g/mol. The van der Waals surface area contributed by atoms with Gasteiger partial charge in [0.2, 0.25) is 0 Å². The second-order valence-electron chi connectivity index (χ2n) is 8.10. The maximum atomic E-state index is 12.7. The van der Waals surface area contributed by atoms with Crippen LogP contribution < -0.4 is 10.1 Å². The number of aryl methyl sites for hydroxylation is 1. The van der Waals surface area contributed by atoms with E-state index in [2.05, 4.69) is 26.3 Å². The number of ether oxygens (including phenoxy) is 1. The van der Waals surface area contributed by atoms with E-state index in [-0.39, 0.29) is 11.9 Å². The van der Waals surface area contributed by atoms with Gasteiger partial charge < -0.3 is 10.1 Å². The molecule has 0 spiro atoms. The summed E-state index contributed by atoms with van der Waals surface area (Å²) in [6, 6.07) is 11.9. The van der Waals surface area contributed by atoms with Gasteiger partial charge in [-0.3, -0.25) is 14.7 Å². The number of likely N-dealkylation sites (tertiary alicyclic amines) is 1. The van der Waals surface area contributed by atoms with Crippen molar-refractivity contribution >= 4 is 5.91 Å². The average Bonchev–Trinajstić information content (AvgIpc) is 2.83. The van der Waals surface area contributed by atoms with E-state index in [4.69, 9.17) is 9.72 Å². The minimum Gasteiger partial charge on any atom is -0.497 e. The molecule has 0 aliphatic carbocycles. The van der Waals surface area contributed by atoms with Gasteiger partial charge in [-0.05, 0) is 55.6 Å². The fourth-order valence-electron chi connectivity index (χ4n) is 4.13. The molecular weight excluding hydrogens is 402 g/mol. The van der Waals surface area contributed by atoms with E-state index in [9.17, 15) is 4.79 Å². The van der Waals surface area contributed by atoms with E-state index in [1.54, 1.807) is 19.5 Å². The number of rotatable bonds is 7. The Balaban J connectivity index is 1.44. The second kappa shape index (κ2) is 10.3. The Morgan fingerprint density at radius 2 is 2.06 bits per heavy atom. The Morgan fingerprint density at radius 3 is 2.84 bits per heavy atom. The number of carbonyl (C=O) groups is 1. The van der Waals surface area contributed by atoms with Crippen LogP contribution in [0.15, 0.2) is 55.0 Å². The minimum absolute atomic E-state index is 0.150.